The maximum Gasteiger partial charge on any atom is 0.475 e. The molecule has 1 rings (SSSR count). The topological polar surface area (TPSA) is 44.8 Å². The maximum atomic E-state index is 12.9. The van der Waals surface area contributed by atoms with Crippen molar-refractivity contribution in [1.29, 1.82) is 0 Å². The zero-order valence-electron chi connectivity index (χ0n) is 10.1. The van der Waals surface area contributed by atoms with Gasteiger partial charge in [0.05, 0.1) is 12.2 Å². The Balaban J connectivity index is 2.77. The van der Waals surface area contributed by atoms with Gasteiger partial charge in [0.25, 0.3) is 0 Å². The van der Waals surface area contributed by atoms with Gasteiger partial charge in [0, 0.05) is 0 Å². The predicted molar refractivity (Wildman–Crippen MR) is 50.6 cm³/mol. The Morgan fingerprint density at radius 2 is 1.40 bits per heavy atom. The van der Waals surface area contributed by atoms with Crippen molar-refractivity contribution >= 4 is 7.82 Å². The molecule has 0 spiro atoms. The van der Waals surface area contributed by atoms with Crippen molar-refractivity contribution in [2.45, 2.75) is 44.1 Å². The van der Waals surface area contributed by atoms with Crippen molar-refractivity contribution in [2.75, 3.05) is 6.61 Å². The third kappa shape index (κ3) is 3.26. The van der Waals surface area contributed by atoms with E-state index in [2.05, 4.69) is 13.6 Å². The van der Waals surface area contributed by atoms with E-state index in [1.54, 1.807) is 0 Å². The number of phosphoric acid groups is 1. The van der Waals surface area contributed by atoms with Crippen molar-refractivity contribution < 1.29 is 48.9 Å². The van der Waals surface area contributed by atoms with E-state index in [1.165, 1.54) is 13.8 Å². The summed E-state index contributed by atoms with van der Waals surface area (Å²) in [6.45, 7) is 0.197. The number of hydrogen-bond donors (Lipinski definition) is 0. The number of halogens is 7. The Morgan fingerprint density at radius 3 is 1.75 bits per heavy atom. The van der Waals surface area contributed by atoms with Crippen LogP contribution in [0.25, 0.3) is 0 Å². The summed E-state index contributed by atoms with van der Waals surface area (Å²) in [6, 6.07) is 0. The predicted octanol–water partition coefficient (Wildman–Crippen LogP) is 3.77. The van der Waals surface area contributed by atoms with Gasteiger partial charge in [0.1, 0.15) is 6.61 Å². The van der Waals surface area contributed by atoms with Crippen molar-refractivity contribution in [3.05, 3.63) is 0 Å². The van der Waals surface area contributed by atoms with Crippen LogP contribution in [-0.2, 0) is 18.1 Å². The lowest BCUT2D eigenvalue weighted by molar-refractivity contribution is -0.358. The molecule has 1 aliphatic heterocycles. The minimum absolute atomic E-state index is 0.849. The summed E-state index contributed by atoms with van der Waals surface area (Å²) in [6.07, 6.45) is -8.18. The van der Waals surface area contributed by atoms with Crippen LogP contribution in [0.5, 0.6) is 0 Å². The molecule has 1 saturated heterocycles. The number of hydrogen-bond acceptors (Lipinski definition) is 4. The van der Waals surface area contributed by atoms with Crippen LogP contribution < -0.4 is 0 Å². The molecule has 1 fully saturated rings. The minimum atomic E-state index is -6.48. The molecular formula is C8H10F7O4P. The summed E-state index contributed by atoms with van der Waals surface area (Å²) in [5, 5.41) is 0. The monoisotopic (exact) mass is 334 g/mol. The number of rotatable bonds is 4. The molecule has 2 atom stereocenters. The number of alkyl halides is 7. The van der Waals surface area contributed by atoms with Gasteiger partial charge < -0.3 is 0 Å². The average Bonchev–Trinajstić information content (AvgIpc) is 2.49. The quantitative estimate of drug-likeness (QED) is 0.580. The first-order chi connectivity index (χ1) is 8.72. The molecule has 4 nitrogen and oxygen atoms in total. The van der Waals surface area contributed by atoms with Crippen LogP contribution in [0, 0.1) is 0 Å². The maximum absolute atomic E-state index is 12.9. The van der Waals surface area contributed by atoms with E-state index in [1.807, 2.05) is 0 Å². The van der Waals surface area contributed by atoms with E-state index in [4.69, 9.17) is 0 Å². The fourth-order valence-electron chi connectivity index (χ4n) is 1.12. The molecule has 0 aliphatic carbocycles. The summed E-state index contributed by atoms with van der Waals surface area (Å²) in [5.74, 6) is -12.0. The van der Waals surface area contributed by atoms with Gasteiger partial charge >= 0.3 is 25.8 Å². The van der Waals surface area contributed by atoms with E-state index in [0.717, 1.165) is 0 Å². The molecule has 0 radical (unpaired) electrons. The van der Waals surface area contributed by atoms with Crippen LogP contribution in [0.4, 0.5) is 30.7 Å². The first kappa shape index (κ1) is 17.7. The molecule has 0 aromatic heterocycles. The van der Waals surface area contributed by atoms with Crippen LogP contribution in [0.2, 0.25) is 0 Å². The fraction of sp³-hybridized carbons (Fsp3) is 1.00. The van der Waals surface area contributed by atoms with Crippen molar-refractivity contribution in [3.63, 3.8) is 0 Å². The molecule has 1 aliphatic rings. The van der Waals surface area contributed by atoms with E-state index in [9.17, 15) is 35.3 Å². The lowest BCUT2D eigenvalue weighted by Crippen LogP contribution is -2.54. The molecule has 0 aromatic rings. The van der Waals surface area contributed by atoms with Crippen LogP contribution in [-0.4, -0.2) is 36.8 Å². The summed E-state index contributed by atoms with van der Waals surface area (Å²) in [5.41, 5.74) is 0. The molecule has 12 heteroatoms. The van der Waals surface area contributed by atoms with Crippen LogP contribution >= 0.6 is 7.82 Å². The highest BCUT2D eigenvalue weighted by Crippen LogP contribution is 2.58. The fourth-order valence-corrected chi connectivity index (χ4v) is 2.77. The highest BCUT2D eigenvalue weighted by molar-refractivity contribution is 7.48. The second kappa shape index (κ2) is 5.11. The molecular weight excluding hydrogens is 324 g/mol. The first-order valence-corrected chi connectivity index (χ1v) is 6.62. The molecule has 1 heterocycles. The van der Waals surface area contributed by atoms with Crippen LogP contribution in [0.3, 0.4) is 0 Å². The van der Waals surface area contributed by atoms with Gasteiger partial charge in [-0.3, -0.25) is 13.6 Å². The smallest absolute Gasteiger partial charge is 0.281 e. The summed E-state index contributed by atoms with van der Waals surface area (Å²) in [7, 11) is -4.58. The van der Waals surface area contributed by atoms with E-state index in [0.29, 0.717) is 0 Å². The van der Waals surface area contributed by atoms with Gasteiger partial charge in [-0.25, -0.2) is 4.57 Å². The van der Waals surface area contributed by atoms with Gasteiger partial charge in [-0.15, -0.1) is 0 Å². The van der Waals surface area contributed by atoms with Crippen molar-refractivity contribution in [3.8, 4) is 0 Å². The van der Waals surface area contributed by atoms with Crippen molar-refractivity contribution in [1.82, 2.24) is 0 Å². The second-order valence-corrected chi connectivity index (χ2v) is 5.69. The molecule has 120 valence electrons. The van der Waals surface area contributed by atoms with E-state index < -0.39 is 44.7 Å². The van der Waals surface area contributed by atoms with Gasteiger partial charge in [-0.1, -0.05) is 0 Å². The Morgan fingerprint density at radius 1 is 1.00 bits per heavy atom. The Kier molecular flexibility index (Phi) is 4.52. The molecule has 0 aromatic carbocycles. The van der Waals surface area contributed by atoms with Gasteiger partial charge in [0.2, 0.25) is 0 Å². The third-order valence-electron chi connectivity index (χ3n) is 2.47. The SMILES string of the molecule is CC1OP(=O)(OCC(F)(F)C(F)(F)C(F)(F)F)OC1C. The van der Waals surface area contributed by atoms with E-state index >= 15 is 0 Å². The van der Waals surface area contributed by atoms with Gasteiger partial charge in [-0.2, -0.15) is 30.7 Å². The minimum Gasteiger partial charge on any atom is -0.281 e. The molecule has 0 amide bonds. The summed E-state index contributed by atoms with van der Waals surface area (Å²) < 4.78 is 111. The number of phosphoric ester groups is 1. The molecule has 2 unspecified atom stereocenters. The second-order valence-electron chi connectivity index (χ2n) is 4.12. The molecule has 0 N–H and O–H groups in total. The highest BCUT2D eigenvalue weighted by atomic mass is 31.2. The normalized spacial score (nSPS) is 32.6. The first-order valence-electron chi connectivity index (χ1n) is 5.15. The summed E-state index contributed by atoms with van der Waals surface area (Å²) >= 11 is 0. The summed E-state index contributed by atoms with van der Waals surface area (Å²) in [4.78, 5) is 0. The average molecular weight is 334 g/mol. The molecule has 20 heavy (non-hydrogen) atoms. The zero-order valence-corrected chi connectivity index (χ0v) is 11.0. The molecule has 0 bridgehead atoms. The van der Waals surface area contributed by atoms with Crippen molar-refractivity contribution in [2.24, 2.45) is 0 Å². The van der Waals surface area contributed by atoms with Crippen LogP contribution in [0.1, 0.15) is 13.8 Å². The Bertz CT molecular complexity index is 396. The van der Waals surface area contributed by atoms with Gasteiger partial charge in [-0.05, 0) is 13.8 Å². The zero-order chi connectivity index (χ0) is 16.0. The lowest BCUT2D eigenvalue weighted by atomic mass is 10.2. The van der Waals surface area contributed by atoms with Gasteiger partial charge in [0.15, 0.2) is 0 Å². The Labute approximate surface area is 108 Å². The van der Waals surface area contributed by atoms with E-state index in [-0.39, 0.29) is 0 Å². The highest BCUT2D eigenvalue weighted by Gasteiger charge is 2.73. The largest absolute Gasteiger partial charge is 0.475 e. The molecule has 0 saturated carbocycles. The Hall–Kier alpha value is -0.380. The third-order valence-corrected chi connectivity index (χ3v) is 4.10. The lowest BCUT2D eigenvalue weighted by Gasteiger charge is -2.28. The standard InChI is InChI=1S/C8H10F7O4P/c1-4-5(2)19-20(16,18-4)17-3-6(9,10)7(11,12)8(13,14)15/h4-5H,3H2,1-2H3. The van der Waals surface area contributed by atoms with Crippen LogP contribution in [0.15, 0.2) is 0 Å².